The summed E-state index contributed by atoms with van der Waals surface area (Å²) in [6, 6.07) is 9.01. The molecule has 1 rings (SSSR count). The fourth-order valence-electron chi connectivity index (χ4n) is 3.37. The number of ether oxygens (including phenoxy) is 7. The van der Waals surface area contributed by atoms with E-state index in [0.29, 0.717) is 52.8 Å². The summed E-state index contributed by atoms with van der Waals surface area (Å²) in [4.78, 5) is 35.6. The minimum absolute atomic E-state index is 0.0446. The first kappa shape index (κ1) is 38.4. The third-order valence-electron chi connectivity index (χ3n) is 5.09. The number of anilines is 1. The van der Waals surface area contributed by atoms with Gasteiger partial charge in [0.2, 0.25) is 5.91 Å². The summed E-state index contributed by atoms with van der Waals surface area (Å²) in [5.41, 5.74) is -0.354. The molecular formula is C31H52N2O10. The van der Waals surface area contributed by atoms with Crippen molar-refractivity contribution in [2.24, 2.45) is 0 Å². The van der Waals surface area contributed by atoms with Crippen LogP contribution in [0.1, 0.15) is 54.4 Å². The molecule has 1 amide bonds. The predicted octanol–water partition coefficient (Wildman–Crippen LogP) is 3.13. The second-order valence-electron chi connectivity index (χ2n) is 11.7. The Morgan fingerprint density at radius 1 is 0.651 bits per heavy atom. The van der Waals surface area contributed by atoms with Gasteiger partial charge < -0.3 is 43.8 Å². The van der Waals surface area contributed by atoms with Crippen LogP contribution in [0.4, 0.5) is 5.69 Å². The Labute approximate surface area is 256 Å². The molecule has 0 fully saturated rings. The van der Waals surface area contributed by atoms with Crippen molar-refractivity contribution in [3.63, 3.8) is 0 Å². The first-order valence-electron chi connectivity index (χ1n) is 14.7. The minimum Gasteiger partial charge on any atom is -0.460 e. The van der Waals surface area contributed by atoms with E-state index in [-0.39, 0.29) is 56.5 Å². The highest BCUT2D eigenvalue weighted by Gasteiger charge is 2.18. The van der Waals surface area contributed by atoms with Crippen LogP contribution in [0.5, 0.6) is 0 Å². The van der Waals surface area contributed by atoms with Crippen molar-refractivity contribution < 1.29 is 47.5 Å². The summed E-state index contributed by atoms with van der Waals surface area (Å²) in [5, 5.41) is 6.06. The molecule has 246 valence electrons. The van der Waals surface area contributed by atoms with Crippen molar-refractivity contribution in [2.75, 3.05) is 77.9 Å². The Bertz CT molecular complexity index is 864. The van der Waals surface area contributed by atoms with E-state index in [2.05, 4.69) is 10.6 Å². The molecule has 12 nitrogen and oxygen atoms in total. The van der Waals surface area contributed by atoms with Crippen LogP contribution in [0, 0.1) is 0 Å². The van der Waals surface area contributed by atoms with Crippen LogP contribution in [0.15, 0.2) is 30.3 Å². The number of amides is 1. The largest absolute Gasteiger partial charge is 0.460 e. The number of esters is 2. The second kappa shape index (κ2) is 22.0. The lowest BCUT2D eigenvalue weighted by Crippen LogP contribution is -2.40. The molecule has 43 heavy (non-hydrogen) atoms. The Morgan fingerprint density at radius 2 is 1.14 bits per heavy atom. The van der Waals surface area contributed by atoms with Crippen molar-refractivity contribution in [1.29, 1.82) is 0 Å². The van der Waals surface area contributed by atoms with Gasteiger partial charge in [0.1, 0.15) is 17.8 Å². The van der Waals surface area contributed by atoms with Gasteiger partial charge in [0.25, 0.3) is 0 Å². The zero-order valence-corrected chi connectivity index (χ0v) is 26.7. The predicted molar refractivity (Wildman–Crippen MR) is 162 cm³/mol. The average molecular weight is 613 g/mol. The highest BCUT2D eigenvalue weighted by molar-refractivity contribution is 5.91. The molecule has 0 atom stereocenters. The molecule has 0 aromatic heterocycles. The molecular weight excluding hydrogens is 560 g/mol. The van der Waals surface area contributed by atoms with Gasteiger partial charge in [-0.05, 0) is 53.7 Å². The van der Waals surface area contributed by atoms with Gasteiger partial charge in [0.15, 0.2) is 0 Å². The SMILES string of the molecule is CC(C)(C)OC(=O)CCOCC(COCCC(=O)OC(C)(C)C)NCCOCCOCCOCC(=O)Nc1ccccc1. The zero-order chi connectivity index (χ0) is 32.0. The zero-order valence-electron chi connectivity index (χ0n) is 26.7. The van der Waals surface area contributed by atoms with E-state index in [9.17, 15) is 14.4 Å². The van der Waals surface area contributed by atoms with Crippen molar-refractivity contribution in [3.05, 3.63) is 30.3 Å². The average Bonchev–Trinajstić information content (AvgIpc) is 2.90. The molecule has 0 aliphatic carbocycles. The summed E-state index contributed by atoms with van der Waals surface area (Å²) in [5.74, 6) is -0.857. The Morgan fingerprint density at radius 3 is 1.65 bits per heavy atom. The minimum atomic E-state index is -0.539. The topological polar surface area (TPSA) is 140 Å². The van der Waals surface area contributed by atoms with Gasteiger partial charge in [-0.1, -0.05) is 18.2 Å². The van der Waals surface area contributed by atoms with Crippen LogP contribution >= 0.6 is 0 Å². The van der Waals surface area contributed by atoms with Crippen LogP contribution in [0.25, 0.3) is 0 Å². The van der Waals surface area contributed by atoms with Gasteiger partial charge in [-0.3, -0.25) is 14.4 Å². The number of rotatable bonds is 23. The Kier molecular flexibility index (Phi) is 19.6. The maximum Gasteiger partial charge on any atom is 0.308 e. The Hall–Kier alpha value is -2.61. The lowest BCUT2D eigenvalue weighted by molar-refractivity contribution is -0.157. The number of carbonyl (C=O) groups excluding carboxylic acids is 3. The fourth-order valence-corrected chi connectivity index (χ4v) is 3.37. The molecule has 0 aliphatic heterocycles. The van der Waals surface area contributed by atoms with Gasteiger partial charge >= 0.3 is 11.9 Å². The van der Waals surface area contributed by atoms with E-state index in [1.54, 1.807) is 0 Å². The van der Waals surface area contributed by atoms with Crippen LogP contribution in [0.2, 0.25) is 0 Å². The first-order chi connectivity index (χ1) is 20.3. The van der Waals surface area contributed by atoms with Crippen molar-refractivity contribution in [1.82, 2.24) is 5.32 Å². The molecule has 0 saturated carbocycles. The number of hydrogen-bond acceptors (Lipinski definition) is 11. The molecule has 0 unspecified atom stereocenters. The fraction of sp³-hybridized carbons (Fsp3) is 0.710. The summed E-state index contributed by atoms with van der Waals surface area (Å²) in [7, 11) is 0. The van der Waals surface area contributed by atoms with Crippen LogP contribution in [-0.4, -0.2) is 108 Å². The summed E-state index contributed by atoms with van der Waals surface area (Å²) in [6.45, 7) is 14.3. The van der Waals surface area contributed by atoms with E-state index < -0.39 is 11.2 Å². The maximum absolute atomic E-state index is 11.9. The third-order valence-corrected chi connectivity index (χ3v) is 5.09. The van der Waals surface area contributed by atoms with Gasteiger partial charge in [0.05, 0.1) is 78.3 Å². The summed E-state index contributed by atoms with van der Waals surface area (Å²) in [6.07, 6.45) is 0.303. The molecule has 0 heterocycles. The molecule has 12 heteroatoms. The number of hydrogen-bond donors (Lipinski definition) is 2. The van der Waals surface area contributed by atoms with Gasteiger partial charge in [-0.15, -0.1) is 0 Å². The molecule has 0 saturated heterocycles. The van der Waals surface area contributed by atoms with E-state index in [0.717, 1.165) is 5.69 Å². The molecule has 1 aromatic carbocycles. The van der Waals surface area contributed by atoms with E-state index in [4.69, 9.17) is 33.2 Å². The van der Waals surface area contributed by atoms with E-state index in [1.165, 1.54) is 0 Å². The molecule has 0 bridgehead atoms. The van der Waals surface area contributed by atoms with Crippen LogP contribution < -0.4 is 10.6 Å². The second-order valence-corrected chi connectivity index (χ2v) is 11.7. The van der Waals surface area contributed by atoms with Crippen molar-refractivity contribution in [3.8, 4) is 0 Å². The third kappa shape index (κ3) is 24.5. The van der Waals surface area contributed by atoms with Crippen molar-refractivity contribution in [2.45, 2.75) is 71.6 Å². The molecule has 0 radical (unpaired) electrons. The molecule has 0 spiro atoms. The maximum atomic E-state index is 11.9. The van der Waals surface area contributed by atoms with E-state index >= 15 is 0 Å². The first-order valence-corrected chi connectivity index (χ1v) is 14.7. The molecule has 1 aromatic rings. The number of carbonyl (C=O) groups is 3. The van der Waals surface area contributed by atoms with Gasteiger partial charge in [0, 0.05) is 12.2 Å². The van der Waals surface area contributed by atoms with Crippen molar-refractivity contribution >= 4 is 23.5 Å². The molecule has 0 aliphatic rings. The normalized spacial score (nSPS) is 11.9. The van der Waals surface area contributed by atoms with Gasteiger partial charge in [-0.2, -0.15) is 0 Å². The van der Waals surface area contributed by atoms with Crippen LogP contribution in [0.3, 0.4) is 0 Å². The number of nitrogens with one attached hydrogen (secondary N) is 2. The lowest BCUT2D eigenvalue weighted by atomic mass is 10.2. The smallest absolute Gasteiger partial charge is 0.308 e. The standard InChI is InChI=1S/C31H52N2O10/c1-30(2,3)42-28(35)12-15-39-22-26(23-40-16-13-29(36)43-31(4,5)6)32-14-17-37-18-19-38-20-21-41-24-27(34)33-25-10-8-7-9-11-25/h7-11,26,32H,12-24H2,1-6H3,(H,33,34). The summed E-state index contributed by atoms with van der Waals surface area (Å²) < 4.78 is 38.4. The Balaban J connectivity index is 2.19. The quantitative estimate of drug-likeness (QED) is 0.139. The lowest BCUT2D eigenvalue weighted by Gasteiger charge is -2.21. The summed E-state index contributed by atoms with van der Waals surface area (Å²) >= 11 is 0. The monoisotopic (exact) mass is 612 g/mol. The number of para-hydroxylation sites is 1. The van der Waals surface area contributed by atoms with Gasteiger partial charge in [-0.25, -0.2) is 0 Å². The highest BCUT2D eigenvalue weighted by atomic mass is 16.6. The highest BCUT2D eigenvalue weighted by Crippen LogP contribution is 2.09. The number of benzene rings is 1. The molecule has 2 N–H and O–H groups in total. The van der Waals surface area contributed by atoms with Crippen LogP contribution in [-0.2, 0) is 47.5 Å². The van der Waals surface area contributed by atoms with E-state index in [1.807, 2.05) is 71.9 Å².